The van der Waals surface area contributed by atoms with Crippen molar-refractivity contribution in [3.8, 4) is 11.5 Å². The third-order valence-electron chi connectivity index (χ3n) is 2.76. The van der Waals surface area contributed by atoms with Gasteiger partial charge in [-0.15, -0.1) is 0 Å². The Kier molecular flexibility index (Phi) is 7.23. The molecule has 2 nitrogen and oxygen atoms in total. The fourth-order valence-corrected chi connectivity index (χ4v) is 1.62. The van der Waals surface area contributed by atoms with Crippen molar-refractivity contribution in [3.63, 3.8) is 0 Å². The quantitative estimate of drug-likeness (QED) is 0.513. The zero-order valence-corrected chi connectivity index (χ0v) is 16.7. The summed E-state index contributed by atoms with van der Waals surface area (Å²) in [6.45, 7) is 12.3. The van der Waals surface area contributed by atoms with E-state index < -0.39 is 16.5 Å². The normalized spacial score (nSPS) is 11.8. The van der Waals surface area contributed by atoms with Crippen molar-refractivity contribution in [2.45, 2.75) is 52.4 Å². The van der Waals surface area contributed by atoms with Crippen molar-refractivity contribution in [1.29, 1.82) is 0 Å². The minimum atomic E-state index is -0.806. The van der Waals surface area contributed by atoms with E-state index in [1.807, 2.05) is 26.8 Å². The molecule has 0 unspecified atom stereocenters. The molecule has 19 heavy (non-hydrogen) atoms. The summed E-state index contributed by atoms with van der Waals surface area (Å²) in [7, 11) is 9.86. The first-order valence-corrected chi connectivity index (χ1v) is 13.2. The number of halogens is 2. The van der Waals surface area contributed by atoms with Crippen LogP contribution >= 0.6 is 18.8 Å². The Bertz CT molecular complexity index is 421. The number of rotatable bonds is 0. The molecule has 2 N–H and O–H groups in total. The molecule has 5 heteroatoms. The predicted octanol–water partition coefficient (Wildman–Crippen LogP) is 5.07. The molecule has 0 fully saturated rings. The molecule has 0 aliphatic carbocycles. The first kappa shape index (κ1) is 19.1. The molecule has 1 rings (SSSR count). The number of benzene rings is 1. The van der Waals surface area contributed by atoms with Crippen molar-refractivity contribution in [3.05, 3.63) is 23.3 Å². The number of aromatic hydroxyl groups is 2. The summed E-state index contributed by atoms with van der Waals surface area (Å²) in [5.41, 5.74) is 1.61. The molecule has 1 aromatic rings. The molecular formula is C14H22Cl2O2W. The van der Waals surface area contributed by atoms with E-state index >= 15 is 0 Å². The van der Waals surface area contributed by atoms with Crippen molar-refractivity contribution < 1.29 is 26.7 Å². The Morgan fingerprint density at radius 2 is 1.32 bits per heavy atom. The summed E-state index contributed by atoms with van der Waals surface area (Å²) in [5, 5.41) is 19.6. The molecular weight excluding hydrogens is 455 g/mol. The predicted molar refractivity (Wildman–Crippen MR) is 78.9 cm³/mol. The maximum atomic E-state index is 9.87. The van der Waals surface area contributed by atoms with Crippen LogP contribution in [-0.4, -0.2) is 10.2 Å². The van der Waals surface area contributed by atoms with E-state index in [4.69, 9.17) is 18.8 Å². The number of hydrogen-bond donors (Lipinski definition) is 2. The van der Waals surface area contributed by atoms with Crippen molar-refractivity contribution in [2.75, 3.05) is 0 Å². The van der Waals surface area contributed by atoms with Gasteiger partial charge in [0.1, 0.15) is 0 Å². The fraction of sp³-hybridized carbons (Fsp3) is 0.571. The van der Waals surface area contributed by atoms with Gasteiger partial charge in [0.05, 0.1) is 0 Å². The summed E-state index contributed by atoms with van der Waals surface area (Å²) in [5.74, 6) is -0.0298. The first-order valence-electron chi connectivity index (χ1n) is 5.91. The topological polar surface area (TPSA) is 40.5 Å². The van der Waals surface area contributed by atoms with Gasteiger partial charge in [-0.1, -0.05) is 47.6 Å². The van der Waals surface area contributed by atoms with E-state index in [2.05, 4.69) is 20.8 Å². The van der Waals surface area contributed by atoms with Crippen LogP contribution in [0.25, 0.3) is 0 Å². The molecule has 0 atom stereocenters. The van der Waals surface area contributed by atoms with Crippen LogP contribution in [0.15, 0.2) is 12.1 Å². The van der Waals surface area contributed by atoms with Crippen molar-refractivity contribution >= 4 is 18.8 Å². The van der Waals surface area contributed by atoms with Crippen LogP contribution in [0.5, 0.6) is 11.5 Å². The SMILES string of the molecule is CC(C)(C)c1cc(O)c(O)c(C(C)(C)C)c1.[Cl][W][Cl]. The minimum absolute atomic E-state index is 0.000463. The van der Waals surface area contributed by atoms with Crippen LogP contribution in [0.2, 0.25) is 0 Å². The first-order chi connectivity index (χ1) is 8.45. The van der Waals surface area contributed by atoms with Gasteiger partial charge in [-0.2, -0.15) is 0 Å². The van der Waals surface area contributed by atoms with E-state index in [0.717, 1.165) is 11.1 Å². The van der Waals surface area contributed by atoms with Crippen LogP contribution in [0.1, 0.15) is 52.7 Å². The average Bonchev–Trinajstić information content (AvgIpc) is 2.19. The van der Waals surface area contributed by atoms with Crippen molar-refractivity contribution in [2.24, 2.45) is 0 Å². The molecule has 0 aromatic heterocycles. The Balaban J connectivity index is 0.000000982. The van der Waals surface area contributed by atoms with Gasteiger partial charge in [0.15, 0.2) is 11.5 Å². The molecule has 0 spiro atoms. The van der Waals surface area contributed by atoms with Gasteiger partial charge >= 0.3 is 35.3 Å². The van der Waals surface area contributed by atoms with E-state index in [1.165, 1.54) is 0 Å². The van der Waals surface area contributed by atoms with Gasteiger partial charge in [-0.25, -0.2) is 0 Å². The third-order valence-corrected chi connectivity index (χ3v) is 2.76. The Morgan fingerprint density at radius 1 is 0.895 bits per heavy atom. The second kappa shape index (κ2) is 7.20. The molecule has 0 aliphatic rings. The fourth-order valence-electron chi connectivity index (χ4n) is 1.62. The van der Waals surface area contributed by atoms with E-state index in [-0.39, 0.29) is 22.3 Å². The van der Waals surface area contributed by atoms with E-state index in [1.54, 1.807) is 6.07 Å². The standard InChI is InChI=1S/C14H22O2.2ClH.W/c1-13(2,3)9-7-10(14(4,5)6)12(16)11(15)8-9;;;/h7-8,15-16H,1-6H3;2*1H;/q;;;+2/p-2. The average molecular weight is 477 g/mol. The van der Waals surface area contributed by atoms with E-state index in [0.29, 0.717) is 0 Å². The molecule has 0 bridgehead atoms. The molecule has 0 aliphatic heterocycles. The summed E-state index contributed by atoms with van der Waals surface area (Å²) in [6.07, 6.45) is 0. The summed E-state index contributed by atoms with van der Waals surface area (Å²) in [6, 6.07) is 3.62. The Labute approximate surface area is 132 Å². The number of phenols is 2. The molecule has 0 amide bonds. The molecule has 110 valence electrons. The number of hydrogen-bond acceptors (Lipinski definition) is 2. The zero-order chi connectivity index (χ0) is 15.4. The summed E-state index contributed by atoms with van der Waals surface area (Å²) >= 11 is -0.806. The van der Waals surface area contributed by atoms with Crippen LogP contribution in [-0.2, 0) is 27.3 Å². The van der Waals surface area contributed by atoms with Gasteiger partial charge in [-0.05, 0) is 22.5 Å². The van der Waals surface area contributed by atoms with Crippen LogP contribution in [0, 0.1) is 0 Å². The molecule has 0 radical (unpaired) electrons. The second-order valence-corrected chi connectivity index (χ2v) is 10.7. The summed E-state index contributed by atoms with van der Waals surface area (Å²) < 4.78 is 0. The Morgan fingerprint density at radius 3 is 1.63 bits per heavy atom. The third kappa shape index (κ3) is 5.93. The molecule has 0 heterocycles. The number of phenolic OH excluding ortho intramolecular Hbond substituents is 2. The van der Waals surface area contributed by atoms with Gasteiger partial charge in [0.2, 0.25) is 0 Å². The van der Waals surface area contributed by atoms with Crippen LogP contribution < -0.4 is 0 Å². The van der Waals surface area contributed by atoms with Gasteiger partial charge in [0, 0.05) is 5.56 Å². The monoisotopic (exact) mass is 476 g/mol. The summed E-state index contributed by atoms with van der Waals surface area (Å²) in [4.78, 5) is 0. The van der Waals surface area contributed by atoms with Crippen LogP contribution in [0.4, 0.5) is 0 Å². The van der Waals surface area contributed by atoms with Crippen molar-refractivity contribution in [1.82, 2.24) is 0 Å². The molecule has 1 aromatic carbocycles. The van der Waals surface area contributed by atoms with Gasteiger partial charge in [-0.3, -0.25) is 0 Å². The molecule has 0 saturated heterocycles. The molecule has 0 saturated carbocycles. The Hall–Kier alpha value is 0.0883. The maximum absolute atomic E-state index is 9.87. The van der Waals surface area contributed by atoms with Crippen LogP contribution in [0.3, 0.4) is 0 Å². The zero-order valence-electron chi connectivity index (χ0n) is 12.2. The van der Waals surface area contributed by atoms with Gasteiger partial charge < -0.3 is 10.2 Å². The second-order valence-electron chi connectivity index (χ2n) is 6.45. The van der Waals surface area contributed by atoms with E-state index in [9.17, 15) is 10.2 Å². The van der Waals surface area contributed by atoms with Gasteiger partial charge in [0.25, 0.3) is 0 Å².